The van der Waals surface area contributed by atoms with E-state index >= 15 is 0 Å². The molecule has 0 bridgehead atoms. The van der Waals surface area contributed by atoms with Crippen molar-refractivity contribution in [3.05, 3.63) is 0 Å². The van der Waals surface area contributed by atoms with Gasteiger partial charge in [-0.3, -0.25) is 9.59 Å². The Kier molecular flexibility index (Phi) is 10.2. The Morgan fingerprint density at radius 2 is 1.11 bits per heavy atom. The van der Waals surface area contributed by atoms with Crippen LogP contribution in [0.25, 0.3) is 0 Å². The molecule has 0 aromatic rings. The smallest absolute Gasteiger partial charge is 0.345 e. The quantitative estimate of drug-likeness (QED) is 0.440. The van der Waals surface area contributed by atoms with Crippen molar-refractivity contribution in [2.45, 2.75) is 72.8 Å². The molecule has 0 aromatic carbocycles. The molecule has 0 saturated carbocycles. The third-order valence-corrected chi connectivity index (χ3v) is 3.68. The summed E-state index contributed by atoms with van der Waals surface area (Å²) >= 11 is 0. The molecule has 4 atom stereocenters. The number of hydrogen-bond acceptors (Lipinski definition) is 7. The van der Waals surface area contributed by atoms with Crippen LogP contribution in [0.2, 0.25) is 0 Å². The van der Waals surface area contributed by atoms with Crippen LogP contribution >= 0.6 is 0 Å². The molecule has 0 aromatic heterocycles. The number of carbonyl (C=O) groups excluding carboxylic acids is 4. The summed E-state index contributed by atoms with van der Waals surface area (Å²) in [6.45, 7) is 10.4. The summed E-state index contributed by atoms with van der Waals surface area (Å²) in [6.07, 6.45) is -2.55. The molecule has 0 heterocycles. The van der Waals surface area contributed by atoms with Gasteiger partial charge in [-0.15, -0.1) is 0 Å². The van der Waals surface area contributed by atoms with Gasteiger partial charge in [-0.2, -0.15) is 0 Å². The predicted octanol–water partition coefficient (Wildman–Crippen LogP) is 0.236. The summed E-state index contributed by atoms with van der Waals surface area (Å²) in [7, 11) is 0. The average molecular weight is 402 g/mol. The van der Waals surface area contributed by atoms with Crippen molar-refractivity contribution in [3.8, 4) is 0 Å². The lowest BCUT2D eigenvalue weighted by molar-refractivity contribution is -0.169. The lowest BCUT2D eigenvalue weighted by atomic mass is 10.1. The fraction of sp³-hybridized carbons (Fsp3) is 0.722. The van der Waals surface area contributed by atoms with Gasteiger partial charge < -0.3 is 25.2 Å². The van der Waals surface area contributed by atoms with Crippen molar-refractivity contribution in [1.29, 1.82) is 0 Å². The summed E-state index contributed by atoms with van der Waals surface area (Å²) in [5.41, 5.74) is 0. The van der Waals surface area contributed by atoms with Gasteiger partial charge in [0.15, 0.2) is 6.10 Å². The van der Waals surface area contributed by atoms with Crippen LogP contribution in [0.3, 0.4) is 0 Å². The molecule has 3 N–H and O–H groups in total. The molecular formula is C18H30N2O8. The maximum Gasteiger partial charge on any atom is 0.345 e. The molecule has 0 aliphatic rings. The molecule has 0 aliphatic heterocycles. The molecule has 0 spiro atoms. The first-order valence-corrected chi connectivity index (χ1v) is 8.99. The van der Waals surface area contributed by atoms with Crippen LogP contribution < -0.4 is 10.6 Å². The van der Waals surface area contributed by atoms with Crippen molar-refractivity contribution in [2.24, 2.45) is 11.8 Å². The second-order valence-corrected chi connectivity index (χ2v) is 7.19. The molecule has 0 radical (unpaired) electrons. The van der Waals surface area contributed by atoms with E-state index < -0.39 is 65.8 Å². The molecule has 0 rings (SSSR count). The van der Waals surface area contributed by atoms with Crippen molar-refractivity contribution < 1.29 is 38.6 Å². The minimum absolute atomic E-state index is 0.417. The van der Waals surface area contributed by atoms with Gasteiger partial charge in [0.05, 0.1) is 0 Å². The Hall–Kier alpha value is -2.65. The van der Waals surface area contributed by atoms with E-state index in [0.29, 0.717) is 0 Å². The van der Waals surface area contributed by atoms with Crippen LogP contribution in [0, 0.1) is 11.8 Å². The van der Waals surface area contributed by atoms with Crippen LogP contribution in [0.5, 0.6) is 0 Å². The Morgan fingerprint density at radius 1 is 0.714 bits per heavy atom. The third kappa shape index (κ3) is 8.36. The second kappa shape index (κ2) is 11.3. The Bertz CT molecular complexity index is 602. The van der Waals surface area contributed by atoms with E-state index in [4.69, 9.17) is 14.6 Å². The van der Waals surface area contributed by atoms with E-state index in [2.05, 4.69) is 10.6 Å². The van der Waals surface area contributed by atoms with E-state index in [1.54, 1.807) is 27.7 Å². The van der Waals surface area contributed by atoms with Gasteiger partial charge in [-0.1, -0.05) is 27.7 Å². The Morgan fingerprint density at radius 3 is 1.46 bits per heavy atom. The topological polar surface area (TPSA) is 148 Å². The van der Waals surface area contributed by atoms with E-state index in [1.807, 2.05) is 0 Å². The normalized spacial score (nSPS) is 15.2. The highest BCUT2D eigenvalue weighted by Crippen LogP contribution is 2.11. The van der Waals surface area contributed by atoms with Crippen molar-refractivity contribution >= 4 is 29.7 Å². The summed E-state index contributed by atoms with van der Waals surface area (Å²) < 4.78 is 10.1. The van der Waals surface area contributed by atoms with E-state index in [0.717, 1.165) is 0 Å². The largest absolute Gasteiger partial charge is 0.478 e. The van der Waals surface area contributed by atoms with Crippen molar-refractivity contribution in [1.82, 2.24) is 10.6 Å². The summed E-state index contributed by atoms with van der Waals surface area (Å²) in [5, 5.41) is 13.8. The molecule has 10 heteroatoms. The van der Waals surface area contributed by atoms with E-state index in [9.17, 15) is 24.0 Å². The summed E-state index contributed by atoms with van der Waals surface area (Å²) in [4.78, 5) is 58.7. The van der Waals surface area contributed by atoms with Gasteiger partial charge in [-0.05, 0) is 19.8 Å². The van der Waals surface area contributed by atoms with Gasteiger partial charge in [0, 0.05) is 12.8 Å². The van der Waals surface area contributed by atoms with Crippen LogP contribution in [0.4, 0.5) is 0 Å². The number of esters is 2. The molecule has 0 fully saturated rings. The minimum Gasteiger partial charge on any atom is -0.478 e. The second-order valence-electron chi connectivity index (χ2n) is 7.19. The van der Waals surface area contributed by atoms with Crippen LogP contribution in [0.1, 0.15) is 48.5 Å². The van der Waals surface area contributed by atoms with Gasteiger partial charge in [0.25, 0.3) is 5.91 Å². The van der Waals surface area contributed by atoms with Crippen molar-refractivity contribution in [3.63, 3.8) is 0 Å². The summed E-state index contributed by atoms with van der Waals surface area (Å²) in [5.74, 6) is -5.05. The molecule has 2 amide bonds. The highest BCUT2D eigenvalue weighted by atomic mass is 16.6. The minimum atomic E-state index is -1.34. The first-order valence-electron chi connectivity index (χ1n) is 8.99. The van der Waals surface area contributed by atoms with Gasteiger partial charge in [0.1, 0.15) is 12.1 Å². The predicted molar refractivity (Wildman–Crippen MR) is 98.0 cm³/mol. The Labute approximate surface area is 164 Å². The first kappa shape index (κ1) is 25.4. The number of amides is 2. The SMILES string of the molecule is CC(=O)NC(C)C(=O)OC(C(=O)NC(C)C(=O)OC(C(=O)O)C(C)C)C(C)C. The summed E-state index contributed by atoms with van der Waals surface area (Å²) in [6, 6.07) is -2.10. The lowest BCUT2D eigenvalue weighted by Gasteiger charge is -2.25. The number of nitrogens with one attached hydrogen (secondary N) is 2. The third-order valence-electron chi connectivity index (χ3n) is 3.68. The Balaban J connectivity index is 5.00. The fourth-order valence-electron chi connectivity index (χ4n) is 2.14. The highest BCUT2D eigenvalue weighted by Gasteiger charge is 2.33. The van der Waals surface area contributed by atoms with Gasteiger partial charge in [-0.25, -0.2) is 14.4 Å². The molecule has 160 valence electrons. The van der Waals surface area contributed by atoms with Crippen molar-refractivity contribution in [2.75, 3.05) is 0 Å². The molecular weight excluding hydrogens is 372 g/mol. The fourth-order valence-corrected chi connectivity index (χ4v) is 2.14. The number of carbonyl (C=O) groups is 5. The van der Waals surface area contributed by atoms with Crippen LogP contribution in [0.15, 0.2) is 0 Å². The molecule has 0 saturated heterocycles. The maximum atomic E-state index is 12.4. The zero-order valence-corrected chi connectivity index (χ0v) is 17.3. The van der Waals surface area contributed by atoms with E-state index in [1.165, 1.54) is 20.8 Å². The number of rotatable bonds is 10. The van der Waals surface area contributed by atoms with Crippen LogP contribution in [-0.4, -0.2) is 59.1 Å². The maximum absolute atomic E-state index is 12.4. The van der Waals surface area contributed by atoms with Gasteiger partial charge in [0.2, 0.25) is 12.0 Å². The number of aliphatic carboxylic acids is 1. The standard InChI is InChI=1S/C18H30N2O8/c1-8(2)13(27-17(25)10(5)19-12(7)21)15(22)20-11(6)18(26)28-14(9(3)4)16(23)24/h8-11,13-14H,1-7H3,(H,19,21)(H,20,22)(H,23,24). The van der Waals surface area contributed by atoms with E-state index in [-0.39, 0.29) is 0 Å². The van der Waals surface area contributed by atoms with Gasteiger partial charge >= 0.3 is 17.9 Å². The highest BCUT2D eigenvalue weighted by molar-refractivity contribution is 5.90. The lowest BCUT2D eigenvalue weighted by Crippen LogP contribution is -2.50. The zero-order valence-electron chi connectivity index (χ0n) is 17.3. The number of carboxylic acid groups (broad SMARTS) is 1. The number of hydrogen-bond donors (Lipinski definition) is 3. The monoisotopic (exact) mass is 402 g/mol. The van der Waals surface area contributed by atoms with Crippen LogP contribution in [-0.2, 0) is 33.4 Å². The number of carboxylic acids is 1. The first-order chi connectivity index (χ1) is 12.8. The molecule has 10 nitrogen and oxygen atoms in total. The molecule has 28 heavy (non-hydrogen) atoms. The average Bonchev–Trinajstić information content (AvgIpc) is 2.54. The molecule has 4 unspecified atom stereocenters. The molecule has 0 aliphatic carbocycles. The zero-order chi connectivity index (χ0) is 22.2. The number of ether oxygens (including phenoxy) is 2.